The Hall–Kier alpha value is -3.06. The predicted molar refractivity (Wildman–Crippen MR) is 105 cm³/mol. The summed E-state index contributed by atoms with van der Waals surface area (Å²) < 4.78 is 30.5. The maximum absolute atomic E-state index is 13.3. The summed E-state index contributed by atoms with van der Waals surface area (Å²) in [5, 5.41) is 3.30. The van der Waals surface area contributed by atoms with Gasteiger partial charge in [-0.3, -0.25) is 4.79 Å². The number of rotatable bonds is 4. The number of hydrogen-bond acceptors (Lipinski definition) is 5. The highest BCUT2D eigenvalue weighted by molar-refractivity contribution is 6.12. The van der Waals surface area contributed by atoms with E-state index in [0.29, 0.717) is 46.8 Å². The van der Waals surface area contributed by atoms with Crippen LogP contribution in [0.15, 0.2) is 40.8 Å². The van der Waals surface area contributed by atoms with Crippen LogP contribution in [0.2, 0.25) is 0 Å². The molecule has 1 aromatic heterocycles. The fourth-order valence-corrected chi connectivity index (χ4v) is 3.48. The summed E-state index contributed by atoms with van der Waals surface area (Å²) in [5.74, 6) is 0.429. The molecule has 6 nitrogen and oxygen atoms in total. The Labute approximate surface area is 161 Å². The fourth-order valence-electron chi connectivity index (χ4n) is 3.48. The van der Waals surface area contributed by atoms with E-state index in [9.17, 15) is 9.18 Å². The van der Waals surface area contributed by atoms with Gasteiger partial charge in [0, 0.05) is 37.2 Å². The lowest BCUT2D eigenvalue weighted by Gasteiger charge is -2.29. The SMILES string of the molecule is CNC(=O)c1c(-c2ccc(F)cc2)oc2cc(N3CCOCC3)c(OC)cc12. The zero-order valence-corrected chi connectivity index (χ0v) is 15.8. The first-order chi connectivity index (χ1) is 13.6. The Morgan fingerprint density at radius 3 is 2.54 bits per heavy atom. The smallest absolute Gasteiger partial charge is 0.255 e. The first kappa shape index (κ1) is 18.3. The number of morpholine rings is 1. The van der Waals surface area contributed by atoms with Crippen molar-refractivity contribution in [1.29, 1.82) is 0 Å². The molecular formula is C21H21FN2O4. The number of methoxy groups -OCH3 is 1. The Kier molecular flexibility index (Phi) is 4.92. The zero-order chi connectivity index (χ0) is 19.7. The molecule has 3 aromatic rings. The molecule has 1 N–H and O–H groups in total. The van der Waals surface area contributed by atoms with Gasteiger partial charge in [0.1, 0.15) is 22.9 Å². The number of carbonyl (C=O) groups is 1. The third-order valence-corrected chi connectivity index (χ3v) is 4.90. The zero-order valence-electron chi connectivity index (χ0n) is 15.8. The number of fused-ring (bicyclic) bond motifs is 1. The number of nitrogens with one attached hydrogen (secondary N) is 1. The van der Waals surface area contributed by atoms with Crippen molar-refractivity contribution >= 4 is 22.6 Å². The van der Waals surface area contributed by atoms with Crippen LogP contribution in [0.1, 0.15) is 10.4 Å². The second-order valence-corrected chi connectivity index (χ2v) is 6.51. The molecular weight excluding hydrogens is 363 g/mol. The molecule has 2 aromatic carbocycles. The van der Waals surface area contributed by atoms with Gasteiger partial charge in [-0.15, -0.1) is 0 Å². The van der Waals surface area contributed by atoms with Gasteiger partial charge in [-0.1, -0.05) is 0 Å². The summed E-state index contributed by atoms with van der Waals surface area (Å²) in [5.41, 5.74) is 2.49. The molecule has 4 rings (SSSR count). The summed E-state index contributed by atoms with van der Waals surface area (Å²) in [6.45, 7) is 2.78. The molecule has 1 amide bonds. The number of benzene rings is 2. The van der Waals surface area contributed by atoms with Crippen LogP contribution in [0.3, 0.4) is 0 Å². The van der Waals surface area contributed by atoms with Crippen LogP contribution in [0.4, 0.5) is 10.1 Å². The van der Waals surface area contributed by atoms with E-state index in [1.165, 1.54) is 12.1 Å². The van der Waals surface area contributed by atoms with Crippen molar-refractivity contribution in [2.75, 3.05) is 45.4 Å². The van der Waals surface area contributed by atoms with Crippen LogP contribution in [-0.4, -0.2) is 46.4 Å². The molecule has 0 radical (unpaired) electrons. The Bertz CT molecular complexity index is 1010. The van der Waals surface area contributed by atoms with Crippen LogP contribution in [-0.2, 0) is 4.74 Å². The van der Waals surface area contributed by atoms with Crippen molar-refractivity contribution in [1.82, 2.24) is 5.32 Å². The van der Waals surface area contributed by atoms with Crippen molar-refractivity contribution in [2.45, 2.75) is 0 Å². The topological polar surface area (TPSA) is 63.9 Å². The Morgan fingerprint density at radius 1 is 1.18 bits per heavy atom. The van der Waals surface area contributed by atoms with Crippen molar-refractivity contribution < 1.29 is 23.1 Å². The molecule has 0 bridgehead atoms. The van der Waals surface area contributed by atoms with E-state index < -0.39 is 0 Å². The first-order valence-electron chi connectivity index (χ1n) is 9.07. The second-order valence-electron chi connectivity index (χ2n) is 6.51. The molecule has 1 aliphatic rings. The number of anilines is 1. The van der Waals surface area contributed by atoms with Gasteiger partial charge >= 0.3 is 0 Å². The van der Waals surface area contributed by atoms with Gasteiger partial charge in [-0.25, -0.2) is 4.39 Å². The molecule has 0 unspecified atom stereocenters. The minimum Gasteiger partial charge on any atom is -0.495 e. The van der Waals surface area contributed by atoms with Gasteiger partial charge in [0.25, 0.3) is 5.91 Å². The Balaban J connectivity index is 1.92. The minimum absolute atomic E-state index is 0.278. The van der Waals surface area contributed by atoms with Crippen LogP contribution in [0.25, 0.3) is 22.3 Å². The average Bonchev–Trinajstić information content (AvgIpc) is 3.11. The molecule has 146 valence electrons. The highest BCUT2D eigenvalue weighted by Gasteiger charge is 2.25. The lowest BCUT2D eigenvalue weighted by Crippen LogP contribution is -2.36. The number of hydrogen-bond donors (Lipinski definition) is 1. The normalized spacial score (nSPS) is 14.3. The third-order valence-electron chi connectivity index (χ3n) is 4.90. The highest BCUT2D eigenvalue weighted by atomic mass is 19.1. The fraction of sp³-hybridized carbons (Fsp3) is 0.286. The molecule has 7 heteroatoms. The van der Waals surface area contributed by atoms with E-state index in [4.69, 9.17) is 13.9 Å². The van der Waals surface area contributed by atoms with Crippen LogP contribution < -0.4 is 15.0 Å². The first-order valence-corrected chi connectivity index (χ1v) is 9.07. The quantitative estimate of drug-likeness (QED) is 0.747. The molecule has 0 atom stereocenters. The molecule has 1 fully saturated rings. The summed E-state index contributed by atoms with van der Waals surface area (Å²) in [4.78, 5) is 14.8. The van der Waals surface area contributed by atoms with Gasteiger partial charge in [0.2, 0.25) is 0 Å². The molecule has 1 aliphatic heterocycles. The highest BCUT2D eigenvalue weighted by Crippen LogP contribution is 2.40. The van der Waals surface area contributed by atoms with Crippen LogP contribution >= 0.6 is 0 Å². The van der Waals surface area contributed by atoms with Gasteiger partial charge in [-0.05, 0) is 30.3 Å². The number of nitrogens with zero attached hydrogens (tertiary/aromatic N) is 1. The Morgan fingerprint density at radius 2 is 1.89 bits per heavy atom. The van der Waals surface area contributed by atoms with Crippen LogP contribution in [0, 0.1) is 5.82 Å². The molecule has 28 heavy (non-hydrogen) atoms. The third kappa shape index (κ3) is 3.18. The summed E-state index contributed by atoms with van der Waals surface area (Å²) in [7, 11) is 3.17. The van der Waals surface area contributed by atoms with Gasteiger partial charge < -0.3 is 24.1 Å². The monoisotopic (exact) mass is 384 g/mol. The largest absolute Gasteiger partial charge is 0.495 e. The maximum atomic E-state index is 13.3. The summed E-state index contributed by atoms with van der Waals surface area (Å²) >= 11 is 0. The number of furan rings is 1. The van der Waals surface area contributed by atoms with Crippen molar-refractivity contribution in [3.05, 3.63) is 47.8 Å². The summed E-state index contributed by atoms with van der Waals surface area (Å²) in [6.07, 6.45) is 0. The van der Waals surface area contributed by atoms with E-state index in [1.807, 2.05) is 12.1 Å². The van der Waals surface area contributed by atoms with Gasteiger partial charge in [0.15, 0.2) is 0 Å². The number of carbonyl (C=O) groups excluding carboxylic acids is 1. The molecule has 2 heterocycles. The lowest BCUT2D eigenvalue weighted by molar-refractivity contribution is 0.0964. The van der Waals surface area contributed by atoms with Gasteiger partial charge in [0.05, 0.1) is 31.6 Å². The number of amides is 1. The van der Waals surface area contributed by atoms with E-state index in [-0.39, 0.29) is 11.7 Å². The van der Waals surface area contributed by atoms with E-state index in [1.54, 1.807) is 26.3 Å². The van der Waals surface area contributed by atoms with E-state index >= 15 is 0 Å². The van der Waals surface area contributed by atoms with E-state index in [2.05, 4.69) is 10.2 Å². The van der Waals surface area contributed by atoms with Crippen molar-refractivity contribution in [2.24, 2.45) is 0 Å². The predicted octanol–water partition coefficient (Wildman–Crippen LogP) is 3.44. The minimum atomic E-state index is -0.349. The van der Waals surface area contributed by atoms with Crippen LogP contribution in [0.5, 0.6) is 5.75 Å². The molecule has 1 saturated heterocycles. The lowest BCUT2D eigenvalue weighted by atomic mass is 10.0. The van der Waals surface area contributed by atoms with E-state index in [0.717, 1.165) is 18.8 Å². The summed E-state index contributed by atoms with van der Waals surface area (Å²) in [6, 6.07) is 9.59. The molecule has 0 saturated carbocycles. The second kappa shape index (κ2) is 7.52. The standard InChI is InChI=1S/C21H21FN2O4/c1-23-21(25)19-15-11-18(26-2)16(24-7-9-27-10-8-24)12-17(15)28-20(19)13-3-5-14(22)6-4-13/h3-6,11-12H,7-10H2,1-2H3,(H,23,25). The van der Waals surface area contributed by atoms with Crippen molar-refractivity contribution in [3.8, 4) is 17.1 Å². The molecule has 0 spiro atoms. The maximum Gasteiger partial charge on any atom is 0.255 e. The average molecular weight is 384 g/mol. The van der Waals surface area contributed by atoms with Crippen molar-refractivity contribution in [3.63, 3.8) is 0 Å². The van der Waals surface area contributed by atoms with Gasteiger partial charge in [-0.2, -0.15) is 0 Å². The number of halogens is 1. The number of ether oxygens (including phenoxy) is 2. The molecule has 0 aliphatic carbocycles.